The Balaban J connectivity index is 2.56. The summed E-state index contributed by atoms with van der Waals surface area (Å²) in [5.74, 6) is 0.0764. The first-order valence-corrected chi connectivity index (χ1v) is 3.50. The van der Waals surface area contributed by atoms with E-state index in [2.05, 4.69) is 0 Å². The van der Waals surface area contributed by atoms with Gasteiger partial charge in [0.1, 0.15) is 6.04 Å². The third-order valence-electron chi connectivity index (χ3n) is 1.77. The molecule has 3 nitrogen and oxygen atoms in total. The third-order valence-corrected chi connectivity index (χ3v) is 1.77. The highest BCUT2D eigenvalue weighted by Crippen LogP contribution is 2.20. The molecule has 1 aliphatic rings. The molecule has 3 heteroatoms. The van der Waals surface area contributed by atoms with Crippen LogP contribution in [0.3, 0.4) is 0 Å². The van der Waals surface area contributed by atoms with Gasteiger partial charge in [-0.2, -0.15) is 0 Å². The third kappa shape index (κ3) is 1.01. The molecule has 0 aromatic heterocycles. The zero-order valence-corrected chi connectivity index (χ0v) is 6.72. The molecule has 0 saturated carbocycles. The largest absolute Gasteiger partial charge is 0.334 e. The fraction of sp³-hybridized carbons (Fsp3) is 0.857. The monoisotopic (exact) mass is 142 g/mol. The van der Waals surface area contributed by atoms with Crippen molar-refractivity contribution in [3.8, 4) is 0 Å². The van der Waals surface area contributed by atoms with Gasteiger partial charge in [0, 0.05) is 12.1 Å². The normalized spacial score (nSPS) is 26.6. The predicted molar refractivity (Wildman–Crippen MR) is 39.4 cm³/mol. The number of hydrogen-bond acceptors (Lipinski definition) is 2. The van der Waals surface area contributed by atoms with Gasteiger partial charge in [0.15, 0.2) is 0 Å². The van der Waals surface area contributed by atoms with Crippen LogP contribution in [0.5, 0.6) is 0 Å². The summed E-state index contributed by atoms with van der Waals surface area (Å²) in [6.07, 6.45) is 0. The van der Waals surface area contributed by atoms with Crippen LogP contribution in [0, 0.1) is 0 Å². The maximum atomic E-state index is 11.0. The first-order chi connectivity index (χ1) is 4.43. The van der Waals surface area contributed by atoms with E-state index in [4.69, 9.17) is 5.73 Å². The van der Waals surface area contributed by atoms with E-state index >= 15 is 0 Å². The second-order valence-electron chi connectivity index (χ2n) is 3.73. The number of carbonyl (C=O) groups is 1. The Morgan fingerprint density at radius 1 is 1.60 bits per heavy atom. The summed E-state index contributed by atoms with van der Waals surface area (Å²) in [6, 6.07) is -0.237. The number of nitrogens with zero attached hydrogens (tertiary/aromatic N) is 1. The Kier molecular flexibility index (Phi) is 1.47. The molecule has 0 aromatic rings. The lowest BCUT2D eigenvalue weighted by atomic mass is 9.97. The number of rotatable bonds is 0. The number of carbonyl (C=O) groups excluding carboxylic acids is 1. The van der Waals surface area contributed by atoms with Crippen molar-refractivity contribution in [3.63, 3.8) is 0 Å². The Morgan fingerprint density at radius 2 is 2.10 bits per heavy atom. The zero-order valence-electron chi connectivity index (χ0n) is 6.72. The van der Waals surface area contributed by atoms with Gasteiger partial charge in [0.25, 0.3) is 0 Å². The highest BCUT2D eigenvalue weighted by molar-refractivity contribution is 5.88. The van der Waals surface area contributed by atoms with Crippen LogP contribution in [-0.4, -0.2) is 28.9 Å². The van der Waals surface area contributed by atoms with Crippen molar-refractivity contribution < 1.29 is 4.79 Å². The van der Waals surface area contributed by atoms with Crippen molar-refractivity contribution in [1.29, 1.82) is 0 Å². The van der Waals surface area contributed by atoms with Crippen molar-refractivity contribution >= 4 is 5.91 Å². The molecular weight excluding hydrogens is 128 g/mol. The standard InChI is InChI=1S/C7H14N2O/c1-7(2,3)9-4-5(8)6(9)10/h5H,4,8H2,1-3H3/t5-/m1/s1. The van der Waals surface area contributed by atoms with E-state index in [1.165, 1.54) is 0 Å². The molecule has 1 atom stereocenters. The minimum atomic E-state index is -0.237. The summed E-state index contributed by atoms with van der Waals surface area (Å²) in [6.45, 7) is 6.74. The average molecular weight is 142 g/mol. The van der Waals surface area contributed by atoms with E-state index in [-0.39, 0.29) is 17.5 Å². The summed E-state index contributed by atoms with van der Waals surface area (Å²) in [5, 5.41) is 0. The van der Waals surface area contributed by atoms with Gasteiger partial charge in [-0.15, -0.1) is 0 Å². The van der Waals surface area contributed by atoms with Crippen molar-refractivity contribution in [1.82, 2.24) is 4.90 Å². The summed E-state index contributed by atoms with van der Waals surface area (Å²) < 4.78 is 0. The van der Waals surface area contributed by atoms with E-state index in [1.54, 1.807) is 4.90 Å². The van der Waals surface area contributed by atoms with Crippen LogP contribution in [0.1, 0.15) is 20.8 Å². The van der Waals surface area contributed by atoms with Crippen LogP contribution in [0.4, 0.5) is 0 Å². The van der Waals surface area contributed by atoms with E-state index in [0.717, 1.165) is 0 Å². The zero-order chi connectivity index (χ0) is 7.94. The van der Waals surface area contributed by atoms with Gasteiger partial charge in [0.2, 0.25) is 5.91 Å². The van der Waals surface area contributed by atoms with E-state index < -0.39 is 0 Å². The van der Waals surface area contributed by atoms with Gasteiger partial charge in [-0.3, -0.25) is 4.79 Å². The van der Waals surface area contributed by atoms with Crippen LogP contribution in [0.25, 0.3) is 0 Å². The van der Waals surface area contributed by atoms with Crippen LogP contribution >= 0.6 is 0 Å². The van der Waals surface area contributed by atoms with Crippen molar-refractivity contribution in [2.45, 2.75) is 32.4 Å². The number of hydrogen-bond donors (Lipinski definition) is 1. The molecule has 58 valence electrons. The van der Waals surface area contributed by atoms with Gasteiger partial charge < -0.3 is 10.6 Å². The summed E-state index contributed by atoms with van der Waals surface area (Å²) in [7, 11) is 0. The van der Waals surface area contributed by atoms with Crippen LogP contribution < -0.4 is 5.73 Å². The highest BCUT2D eigenvalue weighted by atomic mass is 16.2. The minimum absolute atomic E-state index is 0.0487. The molecular formula is C7H14N2O. The van der Waals surface area contributed by atoms with Crippen LogP contribution in [0.15, 0.2) is 0 Å². The number of amides is 1. The summed E-state index contributed by atoms with van der Waals surface area (Å²) >= 11 is 0. The number of nitrogens with two attached hydrogens (primary N) is 1. The molecule has 0 aromatic carbocycles. The van der Waals surface area contributed by atoms with Gasteiger partial charge >= 0.3 is 0 Å². The molecule has 0 bridgehead atoms. The highest BCUT2D eigenvalue weighted by Gasteiger charge is 2.39. The van der Waals surface area contributed by atoms with Crippen molar-refractivity contribution in [3.05, 3.63) is 0 Å². The number of β-lactam (4-membered cyclic amide) rings is 1. The maximum absolute atomic E-state index is 11.0. The predicted octanol–water partition coefficient (Wildman–Crippen LogP) is -0.0456. The summed E-state index contributed by atoms with van der Waals surface area (Å²) in [5.41, 5.74) is 5.37. The lowest BCUT2D eigenvalue weighted by Gasteiger charge is -2.45. The van der Waals surface area contributed by atoms with Gasteiger partial charge in [-0.05, 0) is 20.8 Å². The molecule has 1 saturated heterocycles. The molecule has 0 radical (unpaired) electrons. The molecule has 1 fully saturated rings. The fourth-order valence-corrected chi connectivity index (χ4v) is 1.06. The second-order valence-corrected chi connectivity index (χ2v) is 3.73. The molecule has 1 amide bonds. The SMILES string of the molecule is CC(C)(C)N1C[C@@H](N)C1=O. The second kappa shape index (κ2) is 1.95. The molecule has 0 spiro atoms. The van der Waals surface area contributed by atoms with Gasteiger partial charge in [0.05, 0.1) is 0 Å². The van der Waals surface area contributed by atoms with E-state index in [1.807, 2.05) is 20.8 Å². The summed E-state index contributed by atoms with van der Waals surface area (Å²) in [4.78, 5) is 12.8. The van der Waals surface area contributed by atoms with E-state index in [0.29, 0.717) is 6.54 Å². The molecule has 1 rings (SSSR count). The van der Waals surface area contributed by atoms with Crippen molar-refractivity contribution in [2.75, 3.05) is 6.54 Å². The van der Waals surface area contributed by atoms with Crippen LogP contribution in [-0.2, 0) is 4.79 Å². The van der Waals surface area contributed by atoms with Gasteiger partial charge in [-0.25, -0.2) is 0 Å². The lowest BCUT2D eigenvalue weighted by molar-refractivity contribution is -0.149. The molecule has 1 heterocycles. The first kappa shape index (κ1) is 7.54. The Bertz CT molecular complexity index is 159. The minimum Gasteiger partial charge on any atom is -0.334 e. The molecule has 1 aliphatic heterocycles. The lowest BCUT2D eigenvalue weighted by Crippen LogP contribution is -2.66. The van der Waals surface area contributed by atoms with Crippen LogP contribution in [0.2, 0.25) is 0 Å². The molecule has 2 N–H and O–H groups in total. The Morgan fingerprint density at radius 3 is 2.20 bits per heavy atom. The van der Waals surface area contributed by atoms with E-state index in [9.17, 15) is 4.79 Å². The quantitative estimate of drug-likeness (QED) is 0.482. The first-order valence-electron chi connectivity index (χ1n) is 3.50. The van der Waals surface area contributed by atoms with Crippen molar-refractivity contribution in [2.24, 2.45) is 5.73 Å². The Hall–Kier alpha value is -0.570. The molecule has 0 aliphatic carbocycles. The fourth-order valence-electron chi connectivity index (χ4n) is 1.06. The number of likely N-dealkylation sites (tertiary alicyclic amines) is 1. The molecule has 10 heavy (non-hydrogen) atoms. The smallest absolute Gasteiger partial charge is 0.241 e. The Labute approximate surface area is 61.2 Å². The molecule has 0 unspecified atom stereocenters. The van der Waals surface area contributed by atoms with Gasteiger partial charge in [-0.1, -0.05) is 0 Å². The topological polar surface area (TPSA) is 46.3 Å². The average Bonchev–Trinajstić information content (AvgIpc) is 1.79. The maximum Gasteiger partial charge on any atom is 0.241 e.